The lowest BCUT2D eigenvalue weighted by Gasteiger charge is -2.46. The van der Waals surface area contributed by atoms with Gasteiger partial charge in [0, 0.05) is 0 Å². The lowest BCUT2D eigenvalue weighted by atomic mass is 9.81. The molecule has 0 spiro atoms. The van der Waals surface area contributed by atoms with Crippen LogP contribution >= 0.6 is 0 Å². The van der Waals surface area contributed by atoms with Gasteiger partial charge in [0.05, 0.1) is 22.6 Å². The van der Waals surface area contributed by atoms with Crippen LogP contribution in [0.15, 0.2) is 66.1 Å². The van der Waals surface area contributed by atoms with Crippen molar-refractivity contribution in [1.82, 2.24) is 4.72 Å². The number of ether oxygens (including phenoxy) is 1. The number of aliphatic hydroxyl groups is 1. The van der Waals surface area contributed by atoms with E-state index in [9.17, 15) is 17.9 Å². The third-order valence-corrected chi connectivity index (χ3v) is 8.58. The van der Waals surface area contributed by atoms with E-state index in [4.69, 9.17) is 9.16 Å². The largest absolute Gasteiger partial charge is 0.457 e. The molecular formula is C24H34FNO5SSi. The maximum Gasteiger partial charge on any atom is 0.241 e. The number of aliphatic hydroxyl groups excluding tert-OH is 1. The summed E-state index contributed by atoms with van der Waals surface area (Å²) in [7, 11) is -5.05. The topological polar surface area (TPSA) is 84.9 Å². The van der Waals surface area contributed by atoms with Gasteiger partial charge in [0.2, 0.25) is 10.0 Å². The fourth-order valence-electron chi connectivity index (χ4n) is 3.12. The molecule has 2 rings (SSSR count). The van der Waals surface area contributed by atoms with E-state index in [-0.39, 0.29) is 22.2 Å². The molecule has 0 amide bonds. The number of hydrogen-bond donors (Lipinski definition) is 2. The molecule has 0 radical (unpaired) electrons. The number of hydrogen-bond acceptors (Lipinski definition) is 5. The van der Waals surface area contributed by atoms with Crippen molar-refractivity contribution in [1.29, 1.82) is 0 Å². The number of nitrogens with one attached hydrogen (secondary N) is 1. The van der Waals surface area contributed by atoms with Gasteiger partial charge < -0.3 is 14.3 Å². The molecule has 0 heterocycles. The standard InChI is InChI=1S/C24H34FNO5SSi/c1-7-16-24(17-27,23(5,6)31-33-22(2,3)4)26-32(28,29)21-14-12-20(13-15-21)30-19-10-8-18(25)9-11-19/h7-15,26-27H,1,16-17,33H2,2-6H3/t24-/m1/s1. The molecule has 9 heteroatoms. The normalized spacial score (nSPS) is 14.9. The molecule has 0 unspecified atom stereocenters. The van der Waals surface area contributed by atoms with Crippen molar-refractivity contribution >= 4 is 19.8 Å². The molecule has 1 atom stereocenters. The summed E-state index contributed by atoms with van der Waals surface area (Å²) in [5.74, 6) is 0.455. The minimum Gasteiger partial charge on any atom is -0.457 e. The molecular weight excluding hydrogens is 461 g/mol. The second kappa shape index (κ2) is 10.5. The highest BCUT2D eigenvalue weighted by Crippen LogP contribution is 2.34. The van der Waals surface area contributed by atoms with Gasteiger partial charge in [-0.2, -0.15) is 4.72 Å². The summed E-state index contributed by atoms with van der Waals surface area (Å²) in [6.45, 7) is 13.1. The summed E-state index contributed by atoms with van der Waals surface area (Å²) in [4.78, 5) is 0.0136. The van der Waals surface area contributed by atoms with Crippen LogP contribution in [-0.4, -0.2) is 41.0 Å². The van der Waals surface area contributed by atoms with Crippen LogP contribution in [0.1, 0.15) is 41.0 Å². The minimum absolute atomic E-state index is 0.00806. The number of benzene rings is 2. The Labute approximate surface area is 198 Å². The summed E-state index contributed by atoms with van der Waals surface area (Å²) in [6, 6.07) is 11.4. The van der Waals surface area contributed by atoms with E-state index >= 15 is 0 Å². The first-order chi connectivity index (χ1) is 15.2. The van der Waals surface area contributed by atoms with Gasteiger partial charge in [0.1, 0.15) is 17.3 Å². The van der Waals surface area contributed by atoms with Crippen LogP contribution < -0.4 is 9.46 Å². The van der Waals surface area contributed by atoms with E-state index in [0.29, 0.717) is 11.5 Å². The van der Waals surface area contributed by atoms with Gasteiger partial charge in [-0.15, -0.1) is 6.58 Å². The van der Waals surface area contributed by atoms with Crippen LogP contribution in [0.2, 0.25) is 5.04 Å². The Bertz CT molecular complexity index is 1030. The third kappa shape index (κ3) is 7.22. The highest BCUT2D eigenvalue weighted by atomic mass is 32.2. The summed E-state index contributed by atoms with van der Waals surface area (Å²) in [5, 5.41) is 10.3. The Hall–Kier alpha value is -2.04. The third-order valence-electron chi connectivity index (χ3n) is 5.29. The SMILES string of the molecule is C=CC[C@](CO)(NS(=O)(=O)c1ccc(Oc2ccc(F)cc2)cc1)C(C)(C)O[SiH2]C(C)(C)C. The lowest BCUT2D eigenvalue weighted by Crippen LogP contribution is -2.65. The van der Waals surface area contributed by atoms with Gasteiger partial charge in [-0.3, -0.25) is 0 Å². The van der Waals surface area contributed by atoms with E-state index in [1.54, 1.807) is 19.9 Å². The molecule has 33 heavy (non-hydrogen) atoms. The molecule has 0 fully saturated rings. The minimum atomic E-state index is -4.01. The molecule has 0 aliphatic rings. The van der Waals surface area contributed by atoms with Crippen molar-refractivity contribution in [2.75, 3.05) is 6.61 Å². The molecule has 6 nitrogen and oxygen atoms in total. The zero-order valence-electron chi connectivity index (χ0n) is 19.9. The van der Waals surface area contributed by atoms with Crippen LogP contribution in [0, 0.1) is 5.82 Å². The van der Waals surface area contributed by atoms with Crippen molar-refractivity contribution in [2.24, 2.45) is 0 Å². The number of halogens is 1. The predicted octanol–water partition coefficient (Wildman–Crippen LogP) is 4.30. The van der Waals surface area contributed by atoms with Crippen LogP contribution in [0.5, 0.6) is 11.5 Å². The first-order valence-corrected chi connectivity index (χ1v) is 13.4. The second-order valence-electron chi connectivity index (χ2n) is 9.73. The molecule has 2 aromatic carbocycles. The smallest absolute Gasteiger partial charge is 0.241 e. The zero-order chi connectivity index (χ0) is 24.9. The van der Waals surface area contributed by atoms with Crippen molar-refractivity contribution < 1.29 is 27.1 Å². The Morgan fingerprint density at radius 1 is 1.03 bits per heavy atom. The van der Waals surface area contributed by atoms with Crippen LogP contribution in [0.4, 0.5) is 4.39 Å². The first kappa shape index (κ1) is 27.2. The molecule has 0 aliphatic carbocycles. The van der Waals surface area contributed by atoms with Gasteiger partial charge >= 0.3 is 0 Å². The van der Waals surface area contributed by atoms with Gasteiger partial charge in [-0.1, -0.05) is 26.8 Å². The molecule has 0 aromatic heterocycles. The molecule has 0 bridgehead atoms. The maximum absolute atomic E-state index is 13.3. The summed E-state index contributed by atoms with van der Waals surface area (Å²) in [6.07, 6.45) is 1.75. The van der Waals surface area contributed by atoms with Gasteiger partial charge in [0.25, 0.3) is 0 Å². The second-order valence-corrected chi connectivity index (χ2v) is 14.1. The van der Waals surface area contributed by atoms with Crippen LogP contribution in [0.25, 0.3) is 0 Å². The van der Waals surface area contributed by atoms with Crippen LogP contribution in [0.3, 0.4) is 0 Å². The average molecular weight is 496 g/mol. The fourth-order valence-corrected chi connectivity index (χ4v) is 5.71. The summed E-state index contributed by atoms with van der Waals surface area (Å²) in [5.41, 5.74) is -2.27. The number of rotatable bonds is 11. The van der Waals surface area contributed by atoms with Crippen molar-refractivity contribution in [3.8, 4) is 11.5 Å². The average Bonchev–Trinajstić information content (AvgIpc) is 2.73. The van der Waals surface area contributed by atoms with E-state index < -0.39 is 37.5 Å². The maximum atomic E-state index is 13.3. The van der Waals surface area contributed by atoms with Crippen molar-refractivity contribution in [3.63, 3.8) is 0 Å². The van der Waals surface area contributed by atoms with E-state index in [2.05, 4.69) is 32.1 Å². The van der Waals surface area contributed by atoms with E-state index in [1.807, 2.05) is 0 Å². The van der Waals surface area contributed by atoms with Crippen LogP contribution in [-0.2, 0) is 14.4 Å². The Morgan fingerprint density at radius 2 is 1.55 bits per heavy atom. The molecule has 182 valence electrons. The monoisotopic (exact) mass is 495 g/mol. The number of sulfonamides is 1. The van der Waals surface area contributed by atoms with E-state index in [1.165, 1.54) is 48.5 Å². The van der Waals surface area contributed by atoms with Crippen molar-refractivity contribution in [2.45, 2.75) is 62.1 Å². The van der Waals surface area contributed by atoms with Gasteiger partial charge in [-0.05, 0) is 73.8 Å². The quantitative estimate of drug-likeness (QED) is 0.359. The molecule has 0 aliphatic heterocycles. The molecule has 2 aromatic rings. The predicted molar refractivity (Wildman–Crippen MR) is 131 cm³/mol. The molecule has 0 saturated carbocycles. The zero-order valence-corrected chi connectivity index (χ0v) is 22.1. The molecule has 2 N–H and O–H groups in total. The first-order valence-electron chi connectivity index (χ1n) is 10.7. The van der Waals surface area contributed by atoms with Gasteiger partial charge in [0.15, 0.2) is 9.76 Å². The van der Waals surface area contributed by atoms with Crippen molar-refractivity contribution in [3.05, 3.63) is 67.0 Å². The Kier molecular flexibility index (Phi) is 8.64. The fraction of sp³-hybridized carbons (Fsp3) is 0.417. The lowest BCUT2D eigenvalue weighted by molar-refractivity contribution is -0.0167. The highest BCUT2D eigenvalue weighted by molar-refractivity contribution is 7.89. The molecule has 0 saturated heterocycles. The van der Waals surface area contributed by atoms with Gasteiger partial charge in [-0.25, -0.2) is 12.8 Å². The Balaban J connectivity index is 2.28. The Morgan fingerprint density at radius 3 is 2.00 bits per heavy atom. The van der Waals surface area contributed by atoms with E-state index in [0.717, 1.165) is 0 Å². The summed E-state index contributed by atoms with van der Waals surface area (Å²) >= 11 is 0. The summed E-state index contributed by atoms with van der Waals surface area (Å²) < 4.78 is 54.1. The highest BCUT2D eigenvalue weighted by Gasteiger charge is 2.48.